The van der Waals surface area contributed by atoms with Crippen LogP contribution in [0.15, 0.2) is 18.2 Å². The number of nitrogen functional groups attached to an aromatic ring is 1. The van der Waals surface area contributed by atoms with Crippen LogP contribution in [0.2, 0.25) is 0 Å². The van der Waals surface area contributed by atoms with Crippen molar-refractivity contribution in [3.63, 3.8) is 0 Å². The van der Waals surface area contributed by atoms with Gasteiger partial charge < -0.3 is 11.1 Å². The van der Waals surface area contributed by atoms with Gasteiger partial charge in [0.05, 0.1) is 10.2 Å². The van der Waals surface area contributed by atoms with Crippen molar-refractivity contribution in [3.8, 4) is 0 Å². The van der Waals surface area contributed by atoms with Gasteiger partial charge in [0.2, 0.25) is 0 Å². The second kappa shape index (κ2) is 3.70. The van der Waals surface area contributed by atoms with Crippen molar-refractivity contribution in [1.29, 1.82) is 0 Å². The summed E-state index contributed by atoms with van der Waals surface area (Å²) in [5, 5.41) is 3.54. The normalized spacial score (nSPS) is 22.6. The fourth-order valence-corrected chi connectivity index (χ4v) is 2.63. The number of thiazole rings is 1. The van der Waals surface area contributed by atoms with Gasteiger partial charge in [-0.15, -0.1) is 0 Å². The van der Waals surface area contributed by atoms with Crippen LogP contribution in [0, 0.1) is 5.92 Å². The highest BCUT2D eigenvalue weighted by atomic mass is 32.1. The molecule has 5 heteroatoms. The third-order valence-electron chi connectivity index (χ3n) is 3.09. The Morgan fingerprint density at radius 1 is 1.59 bits per heavy atom. The van der Waals surface area contributed by atoms with Gasteiger partial charge >= 0.3 is 0 Å². The van der Waals surface area contributed by atoms with Gasteiger partial charge in [-0.3, -0.25) is 4.79 Å². The fourth-order valence-electron chi connectivity index (χ4n) is 1.86. The second-order valence-corrected chi connectivity index (χ2v) is 5.59. The van der Waals surface area contributed by atoms with Crippen molar-refractivity contribution in [2.75, 3.05) is 5.73 Å². The molecule has 0 saturated heterocycles. The summed E-state index contributed by atoms with van der Waals surface area (Å²) in [4.78, 5) is 16.1. The van der Waals surface area contributed by atoms with E-state index >= 15 is 0 Å². The van der Waals surface area contributed by atoms with Gasteiger partial charge in [-0.25, -0.2) is 4.98 Å². The number of anilines is 1. The third-order valence-corrected chi connectivity index (χ3v) is 3.94. The largest absolute Gasteiger partial charge is 0.375 e. The van der Waals surface area contributed by atoms with E-state index in [2.05, 4.69) is 17.2 Å². The molecule has 1 amide bonds. The maximum Gasteiger partial charge on any atom is 0.251 e. The number of aromatic nitrogens is 1. The minimum Gasteiger partial charge on any atom is -0.375 e. The van der Waals surface area contributed by atoms with Crippen LogP contribution >= 0.6 is 11.3 Å². The molecule has 1 saturated carbocycles. The molecule has 3 rings (SSSR count). The summed E-state index contributed by atoms with van der Waals surface area (Å²) < 4.78 is 0.957. The lowest BCUT2D eigenvalue weighted by Gasteiger charge is -2.03. The average Bonchev–Trinajstić information content (AvgIpc) is 2.84. The first-order chi connectivity index (χ1) is 8.13. The number of carbonyl (C=O) groups excluding carboxylic acids is 1. The minimum atomic E-state index is -0.00628. The van der Waals surface area contributed by atoms with Crippen molar-refractivity contribution in [1.82, 2.24) is 10.3 Å². The Balaban J connectivity index is 1.86. The van der Waals surface area contributed by atoms with Gasteiger partial charge in [0, 0.05) is 11.6 Å². The quantitative estimate of drug-likeness (QED) is 0.853. The lowest BCUT2D eigenvalue weighted by molar-refractivity contribution is 0.0949. The number of nitrogens with two attached hydrogens (primary N) is 1. The summed E-state index contributed by atoms with van der Waals surface area (Å²) in [6, 6.07) is 5.84. The van der Waals surface area contributed by atoms with Crippen LogP contribution in [0.25, 0.3) is 10.2 Å². The number of rotatable bonds is 2. The van der Waals surface area contributed by atoms with Gasteiger partial charge in [0.25, 0.3) is 5.91 Å². The van der Waals surface area contributed by atoms with Crippen molar-refractivity contribution in [3.05, 3.63) is 23.8 Å². The second-order valence-electron chi connectivity index (χ2n) is 4.53. The summed E-state index contributed by atoms with van der Waals surface area (Å²) in [7, 11) is 0. The Bertz CT molecular complexity index is 592. The summed E-state index contributed by atoms with van der Waals surface area (Å²) >= 11 is 1.41. The number of amides is 1. The molecule has 0 bridgehead atoms. The summed E-state index contributed by atoms with van der Waals surface area (Å²) in [5.41, 5.74) is 7.16. The zero-order valence-electron chi connectivity index (χ0n) is 9.43. The first-order valence-corrected chi connectivity index (χ1v) is 6.42. The Labute approximate surface area is 103 Å². The lowest BCUT2D eigenvalue weighted by Crippen LogP contribution is -2.26. The molecule has 1 fully saturated rings. The predicted octanol–water partition coefficient (Wildman–Crippen LogP) is 2.02. The van der Waals surface area contributed by atoms with Gasteiger partial charge in [-0.05, 0) is 30.5 Å². The van der Waals surface area contributed by atoms with Gasteiger partial charge in [0.1, 0.15) is 0 Å². The molecule has 0 spiro atoms. The SMILES string of the molecule is CC1CC1NC(=O)c1ccc2nc(N)sc2c1. The molecule has 17 heavy (non-hydrogen) atoms. The molecule has 2 atom stereocenters. The van der Waals surface area contributed by atoms with Crippen LogP contribution in [0.3, 0.4) is 0 Å². The first-order valence-electron chi connectivity index (χ1n) is 5.60. The number of hydrogen-bond donors (Lipinski definition) is 2. The highest BCUT2D eigenvalue weighted by Crippen LogP contribution is 2.30. The molecule has 0 aliphatic heterocycles. The highest BCUT2D eigenvalue weighted by Gasteiger charge is 2.33. The number of carbonyl (C=O) groups is 1. The molecule has 3 N–H and O–H groups in total. The Morgan fingerprint density at radius 2 is 2.35 bits per heavy atom. The Kier molecular flexibility index (Phi) is 2.29. The van der Waals surface area contributed by atoms with Gasteiger partial charge in [-0.1, -0.05) is 18.3 Å². The molecule has 2 unspecified atom stereocenters. The number of nitrogens with zero attached hydrogens (tertiary/aromatic N) is 1. The van der Waals surface area contributed by atoms with Crippen LogP contribution in [-0.4, -0.2) is 16.9 Å². The number of benzene rings is 1. The first kappa shape index (κ1) is 10.5. The van der Waals surface area contributed by atoms with Crippen molar-refractivity contribution in [2.24, 2.45) is 5.92 Å². The summed E-state index contributed by atoms with van der Waals surface area (Å²) in [6.07, 6.45) is 1.08. The van der Waals surface area contributed by atoms with E-state index in [-0.39, 0.29) is 5.91 Å². The summed E-state index contributed by atoms with van der Waals surface area (Å²) in [5.74, 6) is 0.606. The zero-order chi connectivity index (χ0) is 12.0. The smallest absolute Gasteiger partial charge is 0.251 e. The van der Waals surface area contributed by atoms with E-state index in [1.165, 1.54) is 11.3 Å². The highest BCUT2D eigenvalue weighted by molar-refractivity contribution is 7.22. The number of hydrogen-bond acceptors (Lipinski definition) is 4. The predicted molar refractivity (Wildman–Crippen MR) is 69.1 cm³/mol. The third kappa shape index (κ3) is 1.98. The molecule has 1 heterocycles. The van der Waals surface area contributed by atoms with Crippen molar-refractivity contribution >= 4 is 32.6 Å². The number of nitrogens with one attached hydrogen (secondary N) is 1. The topological polar surface area (TPSA) is 68.0 Å². The molecule has 4 nitrogen and oxygen atoms in total. The minimum absolute atomic E-state index is 0.00628. The molecular formula is C12H13N3OS. The zero-order valence-corrected chi connectivity index (χ0v) is 10.3. The van der Waals surface area contributed by atoms with E-state index in [1.807, 2.05) is 12.1 Å². The molecule has 1 aliphatic carbocycles. The fraction of sp³-hybridized carbons (Fsp3) is 0.333. The molecule has 0 radical (unpaired) electrons. The standard InChI is InChI=1S/C12H13N3OS/c1-6-4-9(6)14-11(16)7-2-3-8-10(5-7)17-12(13)15-8/h2-3,5-6,9H,4H2,1H3,(H2,13,15)(H,14,16). The molecule has 1 aromatic heterocycles. The van der Waals surface area contributed by atoms with E-state index < -0.39 is 0 Å². The van der Waals surface area contributed by atoms with Crippen LogP contribution in [0.5, 0.6) is 0 Å². The lowest BCUT2D eigenvalue weighted by atomic mass is 10.2. The van der Waals surface area contributed by atoms with E-state index in [9.17, 15) is 4.79 Å². The maximum atomic E-state index is 11.9. The molecule has 1 aromatic carbocycles. The van der Waals surface area contributed by atoms with Crippen LogP contribution < -0.4 is 11.1 Å². The van der Waals surface area contributed by atoms with Crippen molar-refractivity contribution < 1.29 is 4.79 Å². The van der Waals surface area contributed by atoms with Gasteiger partial charge in [0.15, 0.2) is 5.13 Å². The Hall–Kier alpha value is -1.62. The van der Waals surface area contributed by atoms with E-state index in [1.54, 1.807) is 6.07 Å². The van der Waals surface area contributed by atoms with Gasteiger partial charge in [-0.2, -0.15) is 0 Å². The van der Waals surface area contributed by atoms with E-state index in [0.29, 0.717) is 22.7 Å². The Morgan fingerprint density at radius 3 is 3.06 bits per heavy atom. The van der Waals surface area contributed by atoms with E-state index in [4.69, 9.17) is 5.73 Å². The van der Waals surface area contributed by atoms with Crippen LogP contribution in [0.1, 0.15) is 23.7 Å². The molecule has 2 aromatic rings. The molecule has 1 aliphatic rings. The van der Waals surface area contributed by atoms with Crippen molar-refractivity contribution in [2.45, 2.75) is 19.4 Å². The van der Waals surface area contributed by atoms with E-state index in [0.717, 1.165) is 16.6 Å². The maximum absolute atomic E-state index is 11.9. The summed E-state index contributed by atoms with van der Waals surface area (Å²) in [6.45, 7) is 2.14. The van der Waals surface area contributed by atoms with Crippen LogP contribution in [-0.2, 0) is 0 Å². The van der Waals surface area contributed by atoms with Crippen LogP contribution in [0.4, 0.5) is 5.13 Å². The average molecular weight is 247 g/mol. The molecule has 88 valence electrons. The number of fused-ring (bicyclic) bond motifs is 1. The monoisotopic (exact) mass is 247 g/mol. The molecular weight excluding hydrogens is 234 g/mol.